The number of halogens is 1. The van der Waals surface area contributed by atoms with Gasteiger partial charge in [0.25, 0.3) is 5.91 Å². The molecule has 0 radical (unpaired) electrons. The smallest absolute Gasteiger partial charge is 0.274 e. The molecule has 0 saturated carbocycles. The molecular weight excluding hydrogens is 396 g/mol. The summed E-state index contributed by atoms with van der Waals surface area (Å²) in [6, 6.07) is 15.3. The fourth-order valence-corrected chi connectivity index (χ4v) is 2.81. The summed E-state index contributed by atoms with van der Waals surface area (Å²) in [5.41, 5.74) is 2.81. The van der Waals surface area contributed by atoms with Gasteiger partial charge >= 0.3 is 0 Å². The Balaban J connectivity index is 1.71. The number of nitrogens with zero attached hydrogens (tertiary/aromatic N) is 3. The van der Waals surface area contributed by atoms with Gasteiger partial charge in [-0.1, -0.05) is 33.3 Å². The van der Waals surface area contributed by atoms with Gasteiger partial charge in [-0.05, 0) is 55.8 Å². The fourth-order valence-electron chi connectivity index (χ4n) is 2.54. The number of carbonyl (C=O) groups excluding carboxylic acids is 1. The monoisotopic (exact) mass is 414 g/mol. The molecule has 7 heteroatoms. The van der Waals surface area contributed by atoms with Crippen LogP contribution in [0.3, 0.4) is 0 Å². The third-order valence-electron chi connectivity index (χ3n) is 3.84. The lowest BCUT2D eigenvalue weighted by Gasteiger charge is -2.07. The van der Waals surface area contributed by atoms with Crippen LogP contribution in [0.1, 0.15) is 28.7 Å². The van der Waals surface area contributed by atoms with Gasteiger partial charge in [-0.3, -0.25) is 4.79 Å². The number of benzene rings is 2. The average molecular weight is 415 g/mol. The van der Waals surface area contributed by atoms with Crippen LogP contribution < -0.4 is 10.1 Å². The highest BCUT2D eigenvalue weighted by atomic mass is 79.9. The summed E-state index contributed by atoms with van der Waals surface area (Å²) in [6.45, 7) is 4.76. The van der Waals surface area contributed by atoms with Crippen molar-refractivity contribution in [2.75, 3.05) is 6.61 Å². The normalized spacial score (nSPS) is 10.6. The van der Waals surface area contributed by atoms with Gasteiger partial charge in [0, 0.05) is 11.0 Å². The predicted molar refractivity (Wildman–Crippen MR) is 103 cm³/mol. The molecule has 0 atom stereocenters. The fraction of sp³-hybridized carbons (Fsp3) is 0.211. The maximum Gasteiger partial charge on any atom is 0.274 e. The van der Waals surface area contributed by atoms with Gasteiger partial charge in [0.05, 0.1) is 18.0 Å². The van der Waals surface area contributed by atoms with Crippen LogP contribution in [-0.2, 0) is 6.54 Å². The number of amides is 1. The second-order valence-electron chi connectivity index (χ2n) is 5.67. The molecule has 1 amide bonds. The van der Waals surface area contributed by atoms with E-state index in [1.165, 1.54) is 0 Å². The van der Waals surface area contributed by atoms with E-state index in [4.69, 9.17) is 4.74 Å². The van der Waals surface area contributed by atoms with Crippen molar-refractivity contribution in [2.45, 2.75) is 20.4 Å². The molecule has 0 aliphatic rings. The first-order chi connectivity index (χ1) is 12.6. The molecule has 1 N–H and O–H groups in total. The van der Waals surface area contributed by atoms with Crippen LogP contribution in [0.25, 0.3) is 5.69 Å². The van der Waals surface area contributed by atoms with E-state index in [-0.39, 0.29) is 5.91 Å². The molecule has 134 valence electrons. The molecule has 0 aliphatic carbocycles. The zero-order chi connectivity index (χ0) is 18.5. The van der Waals surface area contributed by atoms with E-state index in [1.54, 1.807) is 4.68 Å². The number of aromatic nitrogens is 3. The molecule has 2 aromatic carbocycles. The highest BCUT2D eigenvalue weighted by Crippen LogP contribution is 2.16. The number of rotatable bonds is 6. The Kier molecular flexibility index (Phi) is 5.68. The zero-order valence-corrected chi connectivity index (χ0v) is 16.2. The van der Waals surface area contributed by atoms with Crippen LogP contribution in [0.5, 0.6) is 5.75 Å². The van der Waals surface area contributed by atoms with Gasteiger partial charge in [-0.2, -0.15) is 0 Å². The Morgan fingerprint density at radius 2 is 2.00 bits per heavy atom. The van der Waals surface area contributed by atoms with E-state index in [9.17, 15) is 4.79 Å². The summed E-state index contributed by atoms with van der Waals surface area (Å²) in [6.07, 6.45) is 0. The molecular formula is C19H19BrN4O2. The molecule has 1 heterocycles. The van der Waals surface area contributed by atoms with Crippen molar-refractivity contribution in [1.82, 2.24) is 20.3 Å². The average Bonchev–Trinajstić information content (AvgIpc) is 3.03. The Bertz CT molecular complexity index is 906. The van der Waals surface area contributed by atoms with Gasteiger partial charge < -0.3 is 10.1 Å². The Morgan fingerprint density at radius 3 is 2.73 bits per heavy atom. The van der Waals surface area contributed by atoms with Crippen molar-refractivity contribution >= 4 is 21.8 Å². The third-order valence-corrected chi connectivity index (χ3v) is 4.37. The van der Waals surface area contributed by atoms with Gasteiger partial charge in [0.2, 0.25) is 0 Å². The highest BCUT2D eigenvalue weighted by molar-refractivity contribution is 9.10. The minimum atomic E-state index is -0.257. The van der Waals surface area contributed by atoms with Crippen LogP contribution in [0.15, 0.2) is 53.0 Å². The van der Waals surface area contributed by atoms with E-state index in [2.05, 4.69) is 31.6 Å². The van der Waals surface area contributed by atoms with Gasteiger partial charge in [-0.15, -0.1) is 5.10 Å². The summed E-state index contributed by atoms with van der Waals surface area (Å²) < 4.78 is 8.10. The predicted octanol–water partition coefficient (Wildman–Crippen LogP) is 3.67. The minimum Gasteiger partial charge on any atom is -0.494 e. The van der Waals surface area contributed by atoms with Crippen LogP contribution in [0.2, 0.25) is 0 Å². The summed E-state index contributed by atoms with van der Waals surface area (Å²) in [5.74, 6) is 0.532. The molecule has 3 aromatic rings. The van der Waals surface area contributed by atoms with Gasteiger partial charge in [-0.25, -0.2) is 4.68 Å². The van der Waals surface area contributed by atoms with Crippen LogP contribution in [-0.4, -0.2) is 27.5 Å². The lowest BCUT2D eigenvalue weighted by molar-refractivity contribution is 0.0945. The quantitative estimate of drug-likeness (QED) is 0.667. The van der Waals surface area contributed by atoms with Crippen molar-refractivity contribution < 1.29 is 9.53 Å². The lowest BCUT2D eigenvalue weighted by atomic mass is 10.2. The van der Waals surface area contributed by atoms with Crippen molar-refractivity contribution in [2.24, 2.45) is 0 Å². The molecule has 1 aromatic heterocycles. The Labute approximate surface area is 160 Å². The third kappa shape index (κ3) is 4.11. The molecule has 0 bridgehead atoms. The van der Waals surface area contributed by atoms with Gasteiger partial charge in [0.15, 0.2) is 5.69 Å². The van der Waals surface area contributed by atoms with E-state index < -0.39 is 0 Å². The van der Waals surface area contributed by atoms with Crippen molar-refractivity contribution in [3.63, 3.8) is 0 Å². The second kappa shape index (κ2) is 8.14. The van der Waals surface area contributed by atoms with Crippen molar-refractivity contribution in [3.8, 4) is 11.4 Å². The minimum absolute atomic E-state index is 0.257. The molecule has 0 fully saturated rings. The first-order valence-corrected chi connectivity index (χ1v) is 9.06. The maximum atomic E-state index is 12.5. The van der Waals surface area contributed by atoms with E-state index >= 15 is 0 Å². The molecule has 0 unspecified atom stereocenters. The summed E-state index contributed by atoms with van der Waals surface area (Å²) in [4.78, 5) is 12.5. The summed E-state index contributed by atoms with van der Waals surface area (Å²) >= 11 is 3.40. The molecule has 3 rings (SSSR count). The number of hydrogen-bond donors (Lipinski definition) is 1. The first-order valence-electron chi connectivity index (χ1n) is 8.26. The molecule has 6 nitrogen and oxygen atoms in total. The summed E-state index contributed by atoms with van der Waals surface area (Å²) in [5, 5.41) is 11.0. The molecule has 0 aliphatic heterocycles. The van der Waals surface area contributed by atoms with Crippen molar-refractivity contribution in [1.29, 1.82) is 0 Å². The topological polar surface area (TPSA) is 69.0 Å². The number of nitrogens with one attached hydrogen (secondary N) is 1. The number of ether oxygens (including phenoxy) is 1. The van der Waals surface area contributed by atoms with Crippen LogP contribution in [0, 0.1) is 6.92 Å². The SMILES string of the molecule is CCOc1cccc(CNC(=O)c2nnn(-c3ccc(Br)cc3)c2C)c1. The second-order valence-corrected chi connectivity index (χ2v) is 6.59. The first kappa shape index (κ1) is 18.1. The van der Waals surface area contributed by atoms with Gasteiger partial charge in [0.1, 0.15) is 5.75 Å². The standard InChI is InChI=1S/C19H19BrN4O2/c1-3-26-17-6-4-5-14(11-17)12-21-19(25)18-13(2)24(23-22-18)16-9-7-15(20)8-10-16/h4-11H,3,12H2,1-2H3,(H,21,25). The summed E-state index contributed by atoms with van der Waals surface area (Å²) in [7, 11) is 0. The largest absolute Gasteiger partial charge is 0.494 e. The number of carbonyl (C=O) groups is 1. The van der Waals surface area contributed by atoms with E-state index in [0.717, 1.165) is 21.5 Å². The van der Waals surface area contributed by atoms with Crippen molar-refractivity contribution in [3.05, 3.63) is 70.0 Å². The Morgan fingerprint density at radius 1 is 1.23 bits per heavy atom. The maximum absolute atomic E-state index is 12.5. The zero-order valence-electron chi connectivity index (χ0n) is 14.6. The van der Waals surface area contributed by atoms with Crippen LogP contribution in [0.4, 0.5) is 0 Å². The Hall–Kier alpha value is -2.67. The van der Waals surface area contributed by atoms with Crippen LogP contribution >= 0.6 is 15.9 Å². The molecule has 0 spiro atoms. The molecule has 0 saturated heterocycles. The lowest BCUT2D eigenvalue weighted by Crippen LogP contribution is -2.24. The van der Waals surface area contributed by atoms with E-state index in [1.807, 2.05) is 62.4 Å². The van der Waals surface area contributed by atoms with E-state index in [0.29, 0.717) is 24.5 Å². The number of hydrogen-bond acceptors (Lipinski definition) is 4. The highest BCUT2D eigenvalue weighted by Gasteiger charge is 2.17. The molecule has 26 heavy (non-hydrogen) atoms.